The lowest BCUT2D eigenvalue weighted by atomic mass is 10.3. The molecule has 0 aliphatic heterocycles. The summed E-state index contributed by atoms with van der Waals surface area (Å²) < 4.78 is 15.5. The van der Waals surface area contributed by atoms with Crippen molar-refractivity contribution in [1.29, 1.82) is 0 Å². The van der Waals surface area contributed by atoms with Gasteiger partial charge in [0.15, 0.2) is 5.16 Å². The van der Waals surface area contributed by atoms with Gasteiger partial charge in [-0.1, -0.05) is 23.9 Å². The van der Waals surface area contributed by atoms with Gasteiger partial charge in [0.2, 0.25) is 5.91 Å². The molecule has 2 aromatic rings. The van der Waals surface area contributed by atoms with E-state index in [-0.39, 0.29) is 11.6 Å². The maximum absolute atomic E-state index is 13.6. The zero-order valence-electron chi connectivity index (χ0n) is 12.4. The summed E-state index contributed by atoms with van der Waals surface area (Å²) in [5.74, 6) is 0.785. The predicted octanol–water partition coefficient (Wildman–Crippen LogP) is 2.95. The van der Waals surface area contributed by atoms with Crippen molar-refractivity contribution < 1.29 is 9.18 Å². The number of nitrogens with one attached hydrogen (secondary N) is 1. The summed E-state index contributed by atoms with van der Waals surface area (Å²) in [4.78, 5) is 12.2. The Morgan fingerprint density at radius 2 is 2.14 bits per heavy atom. The van der Waals surface area contributed by atoms with Gasteiger partial charge in [-0.25, -0.2) is 4.39 Å². The number of halogens is 1. The molecule has 0 unspecified atom stereocenters. The minimum absolute atomic E-state index is 0.191. The van der Waals surface area contributed by atoms with Crippen LogP contribution in [0.5, 0.6) is 0 Å². The Bertz CT molecular complexity index is 699. The Labute approximate surface area is 132 Å². The molecule has 7 heteroatoms. The van der Waals surface area contributed by atoms with Crippen LogP contribution in [0, 0.1) is 5.82 Å². The summed E-state index contributed by atoms with van der Waals surface area (Å²) in [5.41, 5.74) is 0.191. The number of hydrogen-bond donors (Lipinski definition) is 1. The number of anilines is 1. The van der Waals surface area contributed by atoms with E-state index in [2.05, 4.69) is 15.5 Å². The van der Waals surface area contributed by atoms with Crippen LogP contribution in [0.15, 0.2) is 29.4 Å². The smallest absolute Gasteiger partial charge is 0.237 e. The van der Waals surface area contributed by atoms with Gasteiger partial charge in [-0.3, -0.25) is 4.79 Å². The van der Waals surface area contributed by atoms with Crippen molar-refractivity contribution in [2.75, 3.05) is 5.32 Å². The van der Waals surface area contributed by atoms with Gasteiger partial charge in [-0.15, -0.1) is 10.2 Å². The van der Waals surface area contributed by atoms with E-state index in [0.717, 1.165) is 18.7 Å². The normalized spacial score (nSPS) is 15.6. The van der Waals surface area contributed by atoms with Gasteiger partial charge in [-0.2, -0.15) is 0 Å². The molecule has 1 aliphatic rings. The Morgan fingerprint density at radius 1 is 1.41 bits per heavy atom. The number of carbonyl (C=O) groups is 1. The molecule has 0 bridgehead atoms. The molecule has 1 amide bonds. The fourth-order valence-corrected chi connectivity index (χ4v) is 2.96. The maximum Gasteiger partial charge on any atom is 0.237 e. The molecule has 0 saturated heterocycles. The lowest BCUT2D eigenvalue weighted by molar-refractivity contribution is -0.115. The second kappa shape index (κ2) is 6.08. The van der Waals surface area contributed by atoms with Crippen molar-refractivity contribution in [1.82, 2.24) is 14.8 Å². The summed E-state index contributed by atoms with van der Waals surface area (Å²) in [6.07, 6.45) is 2.31. The summed E-state index contributed by atoms with van der Waals surface area (Å²) in [7, 11) is 1.91. The van der Waals surface area contributed by atoms with Crippen molar-refractivity contribution in [2.24, 2.45) is 7.05 Å². The first kappa shape index (κ1) is 15.0. The second-order valence-electron chi connectivity index (χ2n) is 5.40. The van der Waals surface area contributed by atoms with Crippen LogP contribution in [-0.2, 0) is 11.8 Å². The molecular formula is C15H17FN4OS. The third-order valence-corrected chi connectivity index (χ3v) is 4.73. The molecule has 0 spiro atoms. The average Bonchev–Trinajstić information content (AvgIpc) is 3.27. The fraction of sp³-hybridized carbons (Fsp3) is 0.400. The van der Waals surface area contributed by atoms with Crippen molar-refractivity contribution in [3.8, 4) is 0 Å². The van der Waals surface area contributed by atoms with E-state index in [4.69, 9.17) is 0 Å². The molecule has 22 heavy (non-hydrogen) atoms. The molecule has 3 rings (SSSR count). The average molecular weight is 320 g/mol. The molecule has 5 nitrogen and oxygen atoms in total. The highest BCUT2D eigenvalue weighted by Crippen LogP contribution is 2.39. The Hall–Kier alpha value is -1.89. The SMILES string of the molecule is C[C@@H](Sc1nnc(C2CC2)n1C)C(=O)Nc1ccccc1F. The maximum atomic E-state index is 13.6. The Balaban J connectivity index is 1.65. The number of para-hydroxylation sites is 1. The molecule has 1 aromatic carbocycles. The largest absolute Gasteiger partial charge is 0.323 e. The summed E-state index contributed by atoms with van der Waals surface area (Å²) in [6.45, 7) is 1.77. The molecule has 1 atom stereocenters. The predicted molar refractivity (Wildman–Crippen MR) is 83.3 cm³/mol. The molecule has 1 N–H and O–H groups in total. The number of benzene rings is 1. The van der Waals surface area contributed by atoms with Gasteiger partial charge < -0.3 is 9.88 Å². The van der Waals surface area contributed by atoms with E-state index in [1.165, 1.54) is 23.9 Å². The lowest BCUT2D eigenvalue weighted by Gasteiger charge is -2.12. The van der Waals surface area contributed by atoms with E-state index >= 15 is 0 Å². The first-order valence-corrected chi connectivity index (χ1v) is 8.05. The van der Waals surface area contributed by atoms with Crippen LogP contribution in [0.3, 0.4) is 0 Å². The third-order valence-electron chi connectivity index (χ3n) is 3.59. The Morgan fingerprint density at radius 3 is 2.82 bits per heavy atom. The van der Waals surface area contributed by atoms with Gasteiger partial charge in [0.1, 0.15) is 11.6 Å². The topological polar surface area (TPSA) is 59.8 Å². The van der Waals surface area contributed by atoms with Gasteiger partial charge >= 0.3 is 0 Å². The standard InChI is InChI=1S/C15H17FN4OS/c1-9(14(21)17-12-6-4-3-5-11(12)16)22-15-19-18-13(20(15)2)10-7-8-10/h3-6,9-10H,7-8H2,1-2H3,(H,17,21)/t9-/m1/s1. The van der Waals surface area contributed by atoms with Crippen molar-refractivity contribution in [3.05, 3.63) is 35.9 Å². The van der Waals surface area contributed by atoms with Gasteiger partial charge in [0.25, 0.3) is 0 Å². The molecule has 1 saturated carbocycles. The van der Waals surface area contributed by atoms with Crippen LogP contribution >= 0.6 is 11.8 Å². The molecule has 1 heterocycles. The van der Waals surface area contributed by atoms with Crippen LogP contribution in [0.2, 0.25) is 0 Å². The summed E-state index contributed by atoms with van der Waals surface area (Å²) >= 11 is 1.32. The van der Waals surface area contributed by atoms with Crippen LogP contribution in [-0.4, -0.2) is 25.9 Å². The molecule has 1 aliphatic carbocycles. The zero-order valence-corrected chi connectivity index (χ0v) is 13.2. The van der Waals surface area contributed by atoms with Gasteiger partial charge in [0, 0.05) is 13.0 Å². The van der Waals surface area contributed by atoms with Gasteiger partial charge in [0.05, 0.1) is 10.9 Å². The quantitative estimate of drug-likeness (QED) is 0.861. The highest BCUT2D eigenvalue weighted by atomic mass is 32.2. The highest BCUT2D eigenvalue weighted by Gasteiger charge is 2.30. The summed E-state index contributed by atoms with van der Waals surface area (Å²) in [5, 5.41) is 11.2. The van der Waals surface area contributed by atoms with Crippen LogP contribution < -0.4 is 5.32 Å². The minimum atomic E-state index is -0.442. The third kappa shape index (κ3) is 3.14. The van der Waals surface area contributed by atoms with Gasteiger partial charge in [-0.05, 0) is 31.9 Å². The minimum Gasteiger partial charge on any atom is -0.323 e. The van der Waals surface area contributed by atoms with Crippen LogP contribution in [0.4, 0.5) is 10.1 Å². The van der Waals surface area contributed by atoms with Crippen LogP contribution in [0.1, 0.15) is 31.5 Å². The number of hydrogen-bond acceptors (Lipinski definition) is 4. The molecular weight excluding hydrogens is 303 g/mol. The van der Waals surface area contributed by atoms with E-state index in [1.54, 1.807) is 19.1 Å². The molecule has 1 fully saturated rings. The molecule has 0 radical (unpaired) electrons. The number of amides is 1. The lowest BCUT2D eigenvalue weighted by Crippen LogP contribution is -2.23. The van der Waals surface area contributed by atoms with Crippen molar-refractivity contribution in [3.63, 3.8) is 0 Å². The van der Waals surface area contributed by atoms with Crippen molar-refractivity contribution in [2.45, 2.75) is 36.1 Å². The fourth-order valence-electron chi connectivity index (χ4n) is 2.13. The molecule has 116 valence electrons. The second-order valence-corrected chi connectivity index (χ2v) is 6.71. The number of carbonyl (C=O) groups excluding carboxylic acids is 1. The van der Waals surface area contributed by atoms with E-state index in [0.29, 0.717) is 11.1 Å². The first-order chi connectivity index (χ1) is 10.6. The van der Waals surface area contributed by atoms with E-state index < -0.39 is 11.1 Å². The van der Waals surface area contributed by atoms with E-state index in [1.807, 2.05) is 11.6 Å². The number of aromatic nitrogens is 3. The Kier molecular flexibility index (Phi) is 4.15. The molecule has 1 aromatic heterocycles. The monoisotopic (exact) mass is 320 g/mol. The number of thioether (sulfide) groups is 1. The van der Waals surface area contributed by atoms with E-state index in [9.17, 15) is 9.18 Å². The first-order valence-electron chi connectivity index (χ1n) is 7.17. The highest BCUT2D eigenvalue weighted by molar-refractivity contribution is 8.00. The number of rotatable bonds is 5. The summed E-state index contributed by atoms with van der Waals surface area (Å²) in [6, 6.07) is 6.12. The zero-order chi connectivity index (χ0) is 15.7. The number of nitrogens with zero attached hydrogens (tertiary/aromatic N) is 3. The van der Waals surface area contributed by atoms with Crippen LogP contribution in [0.25, 0.3) is 0 Å². The van der Waals surface area contributed by atoms with Crippen molar-refractivity contribution >= 4 is 23.4 Å².